The molecular formula is C20H31IN4O2. The predicted molar refractivity (Wildman–Crippen MR) is 118 cm³/mol. The first-order chi connectivity index (χ1) is 12.8. The molecule has 0 aromatic heterocycles. The summed E-state index contributed by atoms with van der Waals surface area (Å²) in [6.45, 7) is 5.45. The van der Waals surface area contributed by atoms with E-state index in [-0.39, 0.29) is 24.0 Å². The number of nitrogens with one attached hydrogen (secondary N) is 2. The van der Waals surface area contributed by atoms with Crippen LogP contribution in [0.2, 0.25) is 0 Å². The number of nitrogens with zero attached hydrogens (tertiary/aromatic N) is 2. The molecule has 27 heavy (non-hydrogen) atoms. The van der Waals surface area contributed by atoms with Crippen molar-refractivity contribution in [1.29, 1.82) is 0 Å². The lowest BCUT2D eigenvalue weighted by Gasteiger charge is -2.27. The molecule has 0 spiro atoms. The smallest absolute Gasteiger partial charge is 0.191 e. The minimum atomic E-state index is 0. The number of benzene rings is 1. The van der Waals surface area contributed by atoms with Gasteiger partial charge < -0.3 is 20.1 Å². The molecule has 7 heteroatoms. The van der Waals surface area contributed by atoms with Crippen molar-refractivity contribution < 1.29 is 9.47 Å². The second kappa shape index (κ2) is 10.0. The molecule has 3 fully saturated rings. The second-order valence-electron chi connectivity index (χ2n) is 7.44. The van der Waals surface area contributed by atoms with Crippen LogP contribution in [0.25, 0.3) is 0 Å². The van der Waals surface area contributed by atoms with Crippen molar-refractivity contribution in [2.45, 2.75) is 50.6 Å². The van der Waals surface area contributed by atoms with Gasteiger partial charge in [0.05, 0.1) is 31.5 Å². The fraction of sp³-hybridized carbons (Fsp3) is 0.650. The number of hydrogen-bond acceptors (Lipinski definition) is 4. The zero-order valence-electron chi connectivity index (χ0n) is 16.0. The number of halogens is 1. The Bertz CT molecular complexity index is 636. The summed E-state index contributed by atoms with van der Waals surface area (Å²) >= 11 is 0. The quantitative estimate of drug-likeness (QED) is 0.380. The summed E-state index contributed by atoms with van der Waals surface area (Å²) in [6, 6.07) is 9.06. The summed E-state index contributed by atoms with van der Waals surface area (Å²) in [5.41, 5.74) is 2.70. The topological polar surface area (TPSA) is 58.1 Å². The Morgan fingerprint density at radius 2 is 1.96 bits per heavy atom. The molecule has 3 aliphatic heterocycles. The van der Waals surface area contributed by atoms with E-state index in [0.717, 1.165) is 51.8 Å². The van der Waals surface area contributed by atoms with E-state index in [1.54, 1.807) is 0 Å². The summed E-state index contributed by atoms with van der Waals surface area (Å²) in [5, 5.41) is 7.04. The molecule has 150 valence electrons. The highest BCUT2D eigenvalue weighted by Gasteiger charge is 2.41. The molecule has 0 aliphatic carbocycles. The highest BCUT2D eigenvalue weighted by molar-refractivity contribution is 14.0. The van der Waals surface area contributed by atoms with E-state index in [9.17, 15) is 0 Å². The van der Waals surface area contributed by atoms with Gasteiger partial charge in [-0.05, 0) is 30.4 Å². The van der Waals surface area contributed by atoms with E-state index in [1.807, 2.05) is 7.05 Å². The van der Waals surface area contributed by atoms with Gasteiger partial charge in [0.25, 0.3) is 0 Å². The molecule has 3 aliphatic rings. The van der Waals surface area contributed by atoms with Gasteiger partial charge in [0, 0.05) is 33.2 Å². The Morgan fingerprint density at radius 3 is 2.63 bits per heavy atom. The van der Waals surface area contributed by atoms with Gasteiger partial charge in [-0.3, -0.25) is 9.89 Å². The lowest BCUT2D eigenvalue weighted by Crippen LogP contribution is -2.47. The molecule has 0 amide bonds. The standard InChI is InChI=1S/C20H30N4O2.HI/c1-21-20(23-18-12-17-6-7-19(18)26-17)22-13-15-4-2-3-5-16(15)14-24-8-10-25-11-9-24;/h2-5,17-19H,6-14H2,1H3,(H2,21,22,23);1H. The molecule has 1 aromatic carbocycles. The van der Waals surface area contributed by atoms with Crippen molar-refractivity contribution in [2.75, 3.05) is 33.4 Å². The number of guanidine groups is 1. The van der Waals surface area contributed by atoms with Gasteiger partial charge in [-0.15, -0.1) is 24.0 Å². The van der Waals surface area contributed by atoms with Crippen LogP contribution in [-0.4, -0.2) is 62.5 Å². The fourth-order valence-corrected chi connectivity index (χ4v) is 4.22. The summed E-state index contributed by atoms with van der Waals surface area (Å²) < 4.78 is 11.4. The molecule has 1 aromatic rings. The van der Waals surface area contributed by atoms with Crippen LogP contribution in [-0.2, 0) is 22.6 Å². The second-order valence-corrected chi connectivity index (χ2v) is 7.44. The summed E-state index contributed by atoms with van der Waals surface area (Å²) in [4.78, 5) is 6.87. The van der Waals surface area contributed by atoms with Gasteiger partial charge in [0.1, 0.15) is 0 Å². The maximum atomic E-state index is 5.94. The van der Waals surface area contributed by atoms with Crippen molar-refractivity contribution in [3.8, 4) is 0 Å². The maximum absolute atomic E-state index is 5.94. The lowest BCUT2D eigenvalue weighted by atomic mass is 9.96. The van der Waals surface area contributed by atoms with Crippen LogP contribution in [0.15, 0.2) is 29.3 Å². The van der Waals surface area contributed by atoms with Gasteiger partial charge in [-0.1, -0.05) is 24.3 Å². The molecule has 4 rings (SSSR count). The molecule has 0 radical (unpaired) electrons. The summed E-state index contributed by atoms with van der Waals surface area (Å²) in [6.07, 6.45) is 4.28. The molecule has 2 N–H and O–H groups in total. The number of hydrogen-bond donors (Lipinski definition) is 2. The lowest BCUT2D eigenvalue weighted by molar-refractivity contribution is 0.0341. The molecule has 3 heterocycles. The summed E-state index contributed by atoms with van der Waals surface area (Å²) in [7, 11) is 1.84. The minimum Gasteiger partial charge on any atom is -0.379 e. The highest BCUT2D eigenvalue weighted by atomic mass is 127. The zero-order chi connectivity index (χ0) is 17.8. The van der Waals surface area contributed by atoms with Gasteiger partial charge in [0.15, 0.2) is 5.96 Å². The van der Waals surface area contributed by atoms with E-state index < -0.39 is 0 Å². The number of aliphatic imine (C=N–C) groups is 1. The third-order valence-electron chi connectivity index (χ3n) is 5.71. The van der Waals surface area contributed by atoms with Crippen LogP contribution in [0, 0.1) is 0 Å². The third-order valence-corrected chi connectivity index (χ3v) is 5.71. The molecule has 2 bridgehead atoms. The molecule has 3 unspecified atom stereocenters. The molecule has 0 saturated carbocycles. The Balaban J connectivity index is 0.00000210. The van der Waals surface area contributed by atoms with Gasteiger partial charge >= 0.3 is 0 Å². The SMILES string of the molecule is CN=C(NCc1ccccc1CN1CCOCC1)NC1CC2CCC1O2.I. The Morgan fingerprint density at radius 1 is 1.19 bits per heavy atom. The van der Waals surface area contributed by atoms with E-state index >= 15 is 0 Å². The zero-order valence-corrected chi connectivity index (χ0v) is 18.4. The normalized spacial score (nSPS) is 28.0. The monoisotopic (exact) mass is 486 g/mol. The van der Waals surface area contributed by atoms with E-state index in [2.05, 4.69) is 44.8 Å². The average Bonchev–Trinajstić information content (AvgIpc) is 3.30. The van der Waals surface area contributed by atoms with Crippen LogP contribution in [0.5, 0.6) is 0 Å². The van der Waals surface area contributed by atoms with Crippen LogP contribution >= 0.6 is 24.0 Å². The van der Waals surface area contributed by atoms with Gasteiger partial charge in [-0.25, -0.2) is 0 Å². The van der Waals surface area contributed by atoms with Crippen molar-refractivity contribution in [2.24, 2.45) is 4.99 Å². The van der Waals surface area contributed by atoms with E-state index in [0.29, 0.717) is 18.2 Å². The number of ether oxygens (including phenoxy) is 2. The first-order valence-corrected chi connectivity index (χ1v) is 9.81. The third kappa shape index (κ3) is 5.34. The van der Waals surface area contributed by atoms with Crippen LogP contribution in [0.1, 0.15) is 30.4 Å². The fourth-order valence-electron chi connectivity index (χ4n) is 4.22. The number of rotatable bonds is 5. The maximum Gasteiger partial charge on any atom is 0.191 e. The number of morpholine rings is 1. The van der Waals surface area contributed by atoms with Crippen LogP contribution in [0.3, 0.4) is 0 Å². The highest BCUT2D eigenvalue weighted by Crippen LogP contribution is 2.34. The van der Waals surface area contributed by atoms with Crippen LogP contribution in [0.4, 0.5) is 0 Å². The van der Waals surface area contributed by atoms with Gasteiger partial charge in [-0.2, -0.15) is 0 Å². The summed E-state index contributed by atoms with van der Waals surface area (Å²) in [5.74, 6) is 0.868. The minimum absolute atomic E-state index is 0. The van der Waals surface area contributed by atoms with Crippen molar-refractivity contribution in [3.63, 3.8) is 0 Å². The van der Waals surface area contributed by atoms with Crippen molar-refractivity contribution >= 4 is 29.9 Å². The molecule has 3 saturated heterocycles. The van der Waals surface area contributed by atoms with Crippen molar-refractivity contribution in [3.05, 3.63) is 35.4 Å². The Labute approximate surface area is 179 Å². The van der Waals surface area contributed by atoms with Crippen molar-refractivity contribution in [1.82, 2.24) is 15.5 Å². The average molecular weight is 486 g/mol. The van der Waals surface area contributed by atoms with E-state index in [4.69, 9.17) is 9.47 Å². The molecular weight excluding hydrogens is 455 g/mol. The first kappa shape index (κ1) is 20.8. The largest absolute Gasteiger partial charge is 0.379 e. The van der Waals surface area contributed by atoms with Gasteiger partial charge in [0.2, 0.25) is 0 Å². The van der Waals surface area contributed by atoms with E-state index in [1.165, 1.54) is 24.0 Å². The Kier molecular flexibility index (Phi) is 7.75. The first-order valence-electron chi connectivity index (χ1n) is 9.81. The molecule has 3 atom stereocenters. The number of fused-ring (bicyclic) bond motifs is 2. The van der Waals surface area contributed by atoms with Crippen LogP contribution < -0.4 is 10.6 Å². The predicted octanol–water partition coefficient (Wildman–Crippen LogP) is 2.12. The Hall–Kier alpha value is -0.900. The molecule has 6 nitrogen and oxygen atoms in total.